The predicted molar refractivity (Wildman–Crippen MR) is 96.0 cm³/mol. The van der Waals surface area contributed by atoms with Gasteiger partial charge in [-0.05, 0) is 24.7 Å². The highest BCUT2D eigenvalue weighted by Crippen LogP contribution is 2.21. The Morgan fingerprint density at radius 3 is 1.79 bits per heavy atom. The van der Waals surface area contributed by atoms with Crippen LogP contribution in [0, 0.1) is 10.8 Å². The number of carbonyl (C=O) groups is 2. The third-order valence-corrected chi connectivity index (χ3v) is 4.58. The number of nitrogens with one attached hydrogen (secondary N) is 2. The van der Waals surface area contributed by atoms with Gasteiger partial charge in [0.15, 0.2) is 5.69 Å². The predicted octanol–water partition coefficient (Wildman–Crippen LogP) is 2.75. The van der Waals surface area contributed by atoms with Crippen molar-refractivity contribution in [2.45, 2.75) is 67.5 Å². The Morgan fingerprint density at radius 2 is 1.38 bits per heavy atom. The van der Waals surface area contributed by atoms with Gasteiger partial charge < -0.3 is 10.6 Å². The maximum Gasteiger partial charge on any atom is 0.272 e. The Bertz CT molecular complexity index is 554. The highest BCUT2D eigenvalue weighted by molar-refractivity contribution is 6.06. The highest BCUT2D eigenvalue weighted by atomic mass is 16.2. The van der Waals surface area contributed by atoms with E-state index in [2.05, 4.69) is 57.3 Å². The summed E-state index contributed by atoms with van der Waals surface area (Å²) >= 11 is 0. The lowest BCUT2D eigenvalue weighted by Crippen LogP contribution is -2.43. The van der Waals surface area contributed by atoms with Crippen molar-refractivity contribution in [3.63, 3.8) is 0 Å². The molecule has 0 unspecified atom stereocenters. The third-order valence-electron chi connectivity index (χ3n) is 4.58. The van der Waals surface area contributed by atoms with Crippen LogP contribution >= 0.6 is 0 Å². The van der Waals surface area contributed by atoms with Gasteiger partial charge in [-0.2, -0.15) is 5.10 Å². The number of amides is 2. The minimum absolute atomic E-state index is 0.0328. The van der Waals surface area contributed by atoms with E-state index >= 15 is 0 Å². The number of aryl methyl sites for hydroxylation is 1. The normalized spacial score (nSPS) is 14.9. The van der Waals surface area contributed by atoms with E-state index in [1.165, 1.54) is 4.68 Å². The first-order valence-electron chi connectivity index (χ1n) is 8.39. The van der Waals surface area contributed by atoms with Gasteiger partial charge in [0.2, 0.25) is 0 Å². The Labute approximate surface area is 145 Å². The van der Waals surface area contributed by atoms with Gasteiger partial charge in [-0.3, -0.25) is 14.3 Å². The summed E-state index contributed by atoms with van der Waals surface area (Å²) in [7, 11) is 1.70. The maximum atomic E-state index is 12.6. The van der Waals surface area contributed by atoms with Crippen molar-refractivity contribution in [3.8, 4) is 0 Å². The van der Waals surface area contributed by atoms with Crippen LogP contribution in [-0.4, -0.2) is 33.7 Å². The molecule has 6 heteroatoms. The highest BCUT2D eigenvalue weighted by Gasteiger charge is 2.28. The molecule has 2 amide bonds. The SMILES string of the molecule is C[C@H](NC(=O)c1nn(C)cc1C(=O)N[C@H](C)C(C)(C)C)C(C)(C)C. The Kier molecular flexibility index (Phi) is 5.85. The minimum Gasteiger partial charge on any atom is -0.349 e. The van der Waals surface area contributed by atoms with Crippen molar-refractivity contribution >= 4 is 11.8 Å². The lowest BCUT2D eigenvalue weighted by atomic mass is 9.87. The maximum absolute atomic E-state index is 12.6. The molecule has 0 aliphatic heterocycles. The lowest BCUT2D eigenvalue weighted by Gasteiger charge is -2.28. The van der Waals surface area contributed by atoms with Crippen LogP contribution in [-0.2, 0) is 7.05 Å². The molecule has 1 rings (SSSR count). The third kappa shape index (κ3) is 5.08. The first kappa shape index (κ1) is 20.2. The van der Waals surface area contributed by atoms with E-state index in [1.807, 2.05) is 13.8 Å². The molecule has 2 N–H and O–H groups in total. The molecule has 6 nitrogen and oxygen atoms in total. The zero-order valence-electron chi connectivity index (χ0n) is 16.4. The van der Waals surface area contributed by atoms with E-state index in [1.54, 1.807) is 13.2 Å². The van der Waals surface area contributed by atoms with Gasteiger partial charge in [0.1, 0.15) is 0 Å². The quantitative estimate of drug-likeness (QED) is 0.887. The van der Waals surface area contributed by atoms with Crippen LogP contribution in [0.4, 0.5) is 0 Å². The summed E-state index contributed by atoms with van der Waals surface area (Å²) in [4.78, 5) is 25.1. The van der Waals surface area contributed by atoms with Crippen molar-refractivity contribution in [3.05, 3.63) is 17.5 Å². The molecule has 0 aliphatic carbocycles. The fourth-order valence-electron chi connectivity index (χ4n) is 1.79. The average molecular weight is 336 g/mol. The van der Waals surface area contributed by atoms with Gasteiger partial charge in [-0.25, -0.2) is 0 Å². The molecule has 0 radical (unpaired) electrons. The zero-order chi connectivity index (χ0) is 18.9. The van der Waals surface area contributed by atoms with Gasteiger partial charge in [-0.1, -0.05) is 41.5 Å². The Morgan fingerprint density at radius 1 is 0.958 bits per heavy atom. The van der Waals surface area contributed by atoms with E-state index in [0.29, 0.717) is 5.56 Å². The molecule has 1 heterocycles. The van der Waals surface area contributed by atoms with Gasteiger partial charge in [0.05, 0.1) is 5.56 Å². The zero-order valence-corrected chi connectivity index (χ0v) is 16.4. The first-order valence-corrected chi connectivity index (χ1v) is 8.39. The topological polar surface area (TPSA) is 76.0 Å². The van der Waals surface area contributed by atoms with Crippen molar-refractivity contribution < 1.29 is 9.59 Å². The largest absolute Gasteiger partial charge is 0.349 e. The fourth-order valence-corrected chi connectivity index (χ4v) is 1.79. The summed E-state index contributed by atoms with van der Waals surface area (Å²) in [6.07, 6.45) is 1.58. The summed E-state index contributed by atoms with van der Waals surface area (Å²) < 4.78 is 1.49. The van der Waals surface area contributed by atoms with Gasteiger partial charge in [0, 0.05) is 25.3 Å². The number of hydrogen-bond acceptors (Lipinski definition) is 3. The molecule has 0 aliphatic rings. The molecule has 0 saturated heterocycles. The molecule has 136 valence electrons. The minimum atomic E-state index is -0.327. The Hall–Kier alpha value is -1.85. The lowest BCUT2D eigenvalue weighted by molar-refractivity contribution is 0.0873. The fraction of sp³-hybridized carbons (Fsp3) is 0.722. The summed E-state index contributed by atoms with van der Waals surface area (Å²) in [5.74, 6) is -0.606. The van der Waals surface area contributed by atoms with Crippen LogP contribution in [0.25, 0.3) is 0 Å². The number of rotatable bonds is 4. The molecule has 1 aromatic heterocycles. The second kappa shape index (κ2) is 6.95. The van der Waals surface area contributed by atoms with E-state index in [0.717, 1.165) is 0 Å². The number of nitrogens with zero attached hydrogens (tertiary/aromatic N) is 2. The molecule has 2 atom stereocenters. The molecule has 0 saturated carbocycles. The van der Waals surface area contributed by atoms with E-state index in [-0.39, 0.29) is 40.4 Å². The van der Waals surface area contributed by atoms with E-state index in [4.69, 9.17) is 0 Å². The number of hydrogen-bond donors (Lipinski definition) is 2. The standard InChI is InChI=1S/C18H32N4O2/c1-11(17(3,4)5)19-15(23)13-10-22(9)21-14(13)16(24)20-12(2)18(6,7)8/h10-12H,1-9H3,(H,19,23)(H,20,24)/t11-,12+/m1/s1. The summed E-state index contributed by atoms with van der Waals surface area (Å²) in [5, 5.41) is 10.1. The molecule has 0 bridgehead atoms. The molecular weight excluding hydrogens is 304 g/mol. The summed E-state index contributed by atoms with van der Waals surface area (Å²) in [6, 6.07) is -0.0777. The van der Waals surface area contributed by atoms with Crippen molar-refractivity contribution in [1.29, 1.82) is 0 Å². The second-order valence-corrected chi connectivity index (χ2v) is 8.69. The molecule has 0 spiro atoms. The van der Waals surface area contributed by atoms with E-state index in [9.17, 15) is 9.59 Å². The molecule has 0 aromatic carbocycles. The van der Waals surface area contributed by atoms with Gasteiger partial charge in [0.25, 0.3) is 11.8 Å². The number of carbonyl (C=O) groups excluding carboxylic acids is 2. The summed E-state index contributed by atoms with van der Waals surface area (Å²) in [5.41, 5.74) is 0.314. The van der Waals surface area contributed by atoms with Crippen molar-refractivity contribution in [2.24, 2.45) is 17.9 Å². The Balaban J connectivity index is 3.00. The second-order valence-electron chi connectivity index (χ2n) is 8.69. The van der Waals surface area contributed by atoms with Crippen molar-refractivity contribution in [1.82, 2.24) is 20.4 Å². The van der Waals surface area contributed by atoms with Crippen molar-refractivity contribution in [2.75, 3.05) is 0 Å². The monoisotopic (exact) mass is 336 g/mol. The van der Waals surface area contributed by atoms with Crippen LogP contribution in [0.3, 0.4) is 0 Å². The molecule has 1 aromatic rings. The van der Waals surface area contributed by atoms with Gasteiger partial charge in [-0.15, -0.1) is 0 Å². The molecule has 24 heavy (non-hydrogen) atoms. The summed E-state index contributed by atoms with van der Waals surface area (Å²) in [6.45, 7) is 16.2. The first-order chi connectivity index (χ1) is 10.7. The van der Waals surface area contributed by atoms with Gasteiger partial charge >= 0.3 is 0 Å². The molecular formula is C18H32N4O2. The average Bonchev–Trinajstić information content (AvgIpc) is 2.78. The van der Waals surface area contributed by atoms with Crippen LogP contribution in [0.15, 0.2) is 6.20 Å². The number of aromatic nitrogens is 2. The van der Waals surface area contributed by atoms with Crippen LogP contribution < -0.4 is 10.6 Å². The van der Waals surface area contributed by atoms with Crippen LogP contribution in [0.1, 0.15) is 76.2 Å². The van der Waals surface area contributed by atoms with Crippen LogP contribution in [0.2, 0.25) is 0 Å². The van der Waals surface area contributed by atoms with E-state index < -0.39 is 0 Å². The van der Waals surface area contributed by atoms with Crippen LogP contribution in [0.5, 0.6) is 0 Å². The smallest absolute Gasteiger partial charge is 0.272 e. The molecule has 0 fully saturated rings.